The molecule has 5 nitrogen and oxygen atoms in total. The second-order valence-corrected chi connectivity index (χ2v) is 6.17. The highest BCUT2D eigenvalue weighted by Crippen LogP contribution is 2.25. The topological polar surface area (TPSA) is 70.2 Å². The smallest absolute Gasteiger partial charge is 0.246 e. The van der Waals surface area contributed by atoms with Crippen LogP contribution < -0.4 is 16.0 Å². The maximum atomic E-state index is 12.4. The number of benzene rings is 2. The molecule has 6 heteroatoms. The van der Waals surface area contributed by atoms with E-state index in [9.17, 15) is 9.59 Å². The predicted octanol–water partition coefficient (Wildman–Crippen LogP) is 3.81. The monoisotopic (exact) mass is 343 g/mol. The molecule has 2 aromatic carbocycles. The van der Waals surface area contributed by atoms with Crippen LogP contribution >= 0.6 is 11.8 Å². The van der Waals surface area contributed by atoms with Crippen molar-refractivity contribution in [3.8, 4) is 0 Å². The summed E-state index contributed by atoms with van der Waals surface area (Å²) in [7, 11) is 0. The fourth-order valence-corrected chi connectivity index (χ4v) is 2.75. The van der Waals surface area contributed by atoms with Gasteiger partial charge in [0.1, 0.15) is 6.04 Å². The standard InChI is InChI=1S/C18H21N3O2S/c1-12(18(23)21-16-9-4-5-10-17(16)24-3)19-14-7-6-8-15(11-14)20-13(2)22/h4-12,19H,1-3H3,(H,20,22)(H,21,23)/t12-/m1/s1. The second-order valence-electron chi connectivity index (χ2n) is 5.32. The van der Waals surface area contributed by atoms with Crippen LogP contribution in [0.4, 0.5) is 17.1 Å². The van der Waals surface area contributed by atoms with Crippen LogP contribution in [-0.4, -0.2) is 24.1 Å². The van der Waals surface area contributed by atoms with Crippen molar-refractivity contribution in [2.75, 3.05) is 22.2 Å². The first kappa shape index (κ1) is 17.9. The van der Waals surface area contributed by atoms with Crippen molar-refractivity contribution in [1.29, 1.82) is 0 Å². The van der Waals surface area contributed by atoms with Gasteiger partial charge in [0.25, 0.3) is 0 Å². The SMILES string of the molecule is CSc1ccccc1NC(=O)[C@@H](C)Nc1cccc(NC(C)=O)c1. The van der Waals surface area contributed by atoms with Crippen molar-refractivity contribution in [2.45, 2.75) is 24.8 Å². The molecule has 1 atom stereocenters. The number of thioether (sulfide) groups is 1. The number of anilines is 3. The highest BCUT2D eigenvalue weighted by molar-refractivity contribution is 7.98. The third-order valence-electron chi connectivity index (χ3n) is 3.32. The van der Waals surface area contributed by atoms with Gasteiger partial charge in [-0.1, -0.05) is 18.2 Å². The number of hydrogen-bond acceptors (Lipinski definition) is 4. The van der Waals surface area contributed by atoms with Crippen LogP contribution in [0.1, 0.15) is 13.8 Å². The lowest BCUT2D eigenvalue weighted by molar-refractivity contribution is -0.116. The molecule has 0 heterocycles. The molecule has 0 radical (unpaired) electrons. The van der Waals surface area contributed by atoms with E-state index in [0.717, 1.165) is 16.3 Å². The Hall–Kier alpha value is -2.47. The van der Waals surface area contributed by atoms with Crippen LogP contribution in [0.3, 0.4) is 0 Å². The number of nitrogens with one attached hydrogen (secondary N) is 3. The third kappa shape index (κ3) is 5.03. The zero-order valence-corrected chi connectivity index (χ0v) is 14.7. The Kier molecular flexibility index (Phi) is 6.26. The maximum absolute atomic E-state index is 12.4. The number of rotatable bonds is 6. The molecular formula is C18H21N3O2S. The van der Waals surface area contributed by atoms with Gasteiger partial charge in [0.05, 0.1) is 5.69 Å². The van der Waals surface area contributed by atoms with E-state index in [1.165, 1.54) is 6.92 Å². The van der Waals surface area contributed by atoms with E-state index >= 15 is 0 Å². The van der Waals surface area contributed by atoms with E-state index in [1.807, 2.05) is 42.7 Å². The zero-order chi connectivity index (χ0) is 17.5. The van der Waals surface area contributed by atoms with Gasteiger partial charge in [-0.05, 0) is 43.5 Å². The molecule has 0 aliphatic heterocycles. The Morgan fingerprint density at radius 2 is 1.71 bits per heavy atom. The van der Waals surface area contributed by atoms with Crippen molar-refractivity contribution in [3.05, 3.63) is 48.5 Å². The van der Waals surface area contributed by atoms with Crippen LogP contribution in [-0.2, 0) is 9.59 Å². The molecule has 126 valence electrons. The van der Waals surface area contributed by atoms with Gasteiger partial charge >= 0.3 is 0 Å². The third-order valence-corrected chi connectivity index (χ3v) is 4.12. The van der Waals surface area contributed by atoms with Crippen molar-refractivity contribution in [3.63, 3.8) is 0 Å². The van der Waals surface area contributed by atoms with Crippen LogP contribution in [0.2, 0.25) is 0 Å². The van der Waals surface area contributed by atoms with Crippen LogP contribution in [0, 0.1) is 0 Å². The fourth-order valence-electron chi connectivity index (χ4n) is 2.19. The summed E-state index contributed by atoms with van der Waals surface area (Å²) in [6.07, 6.45) is 1.97. The Balaban J connectivity index is 2.02. The summed E-state index contributed by atoms with van der Waals surface area (Å²) < 4.78 is 0. The summed E-state index contributed by atoms with van der Waals surface area (Å²) in [6.45, 7) is 3.25. The van der Waals surface area contributed by atoms with E-state index < -0.39 is 6.04 Å². The van der Waals surface area contributed by atoms with E-state index in [1.54, 1.807) is 30.8 Å². The molecule has 0 bridgehead atoms. The number of hydrogen-bond donors (Lipinski definition) is 3. The predicted molar refractivity (Wildman–Crippen MR) is 101 cm³/mol. The summed E-state index contributed by atoms with van der Waals surface area (Å²) in [5.74, 6) is -0.256. The number of carbonyl (C=O) groups excluding carboxylic acids is 2. The Labute approximate surface area is 146 Å². The average Bonchev–Trinajstić information content (AvgIpc) is 2.55. The van der Waals surface area contributed by atoms with Crippen molar-refractivity contribution in [2.24, 2.45) is 0 Å². The van der Waals surface area contributed by atoms with Gasteiger partial charge in [0.2, 0.25) is 11.8 Å². The van der Waals surface area contributed by atoms with Gasteiger partial charge in [-0.15, -0.1) is 11.8 Å². The molecule has 0 aliphatic rings. The minimum atomic E-state index is -0.424. The molecule has 0 aromatic heterocycles. The molecule has 3 N–H and O–H groups in total. The quantitative estimate of drug-likeness (QED) is 0.698. The molecule has 24 heavy (non-hydrogen) atoms. The maximum Gasteiger partial charge on any atom is 0.246 e. The number of para-hydroxylation sites is 1. The molecule has 2 rings (SSSR count). The highest BCUT2D eigenvalue weighted by Gasteiger charge is 2.14. The highest BCUT2D eigenvalue weighted by atomic mass is 32.2. The molecule has 2 amide bonds. The van der Waals surface area contributed by atoms with Crippen molar-refractivity contribution < 1.29 is 9.59 Å². The first-order valence-corrected chi connectivity index (χ1v) is 8.80. The minimum absolute atomic E-state index is 0.124. The molecule has 0 fully saturated rings. The van der Waals surface area contributed by atoms with E-state index in [4.69, 9.17) is 0 Å². The lowest BCUT2D eigenvalue weighted by Gasteiger charge is -2.17. The summed E-state index contributed by atoms with van der Waals surface area (Å²) >= 11 is 1.59. The van der Waals surface area contributed by atoms with Gasteiger partial charge in [-0.25, -0.2) is 0 Å². The molecule has 0 saturated heterocycles. The van der Waals surface area contributed by atoms with Gasteiger partial charge in [-0.2, -0.15) is 0 Å². The lowest BCUT2D eigenvalue weighted by atomic mass is 10.2. The van der Waals surface area contributed by atoms with E-state index in [-0.39, 0.29) is 11.8 Å². The summed E-state index contributed by atoms with van der Waals surface area (Å²) in [5, 5.41) is 8.80. The lowest BCUT2D eigenvalue weighted by Crippen LogP contribution is -2.32. The fraction of sp³-hybridized carbons (Fsp3) is 0.222. The normalized spacial score (nSPS) is 11.5. The molecule has 0 unspecified atom stereocenters. The summed E-state index contributed by atoms with van der Waals surface area (Å²) in [6, 6.07) is 14.5. The first-order valence-electron chi connectivity index (χ1n) is 7.57. The average molecular weight is 343 g/mol. The Morgan fingerprint density at radius 1 is 1.00 bits per heavy atom. The Morgan fingerprint density at radius 3 is 2.42 bits per heavy atom. The molecular weight excluding hydrogens is 322 g/mol. The van der Waals surface area contributed by atoms with Gasteiger partial charge in [0.15, 0.2) is 0 Å². The van der Waals surface area contributed by atoms with Crippen molar-refractivity contribution >= 4 is 40.6 Å². The number of amides is 2. The largest absolute Gasteiger partial charge is 0.374 e. The number of carbonyl (C=O) groups is 2. The van der Waals surface area contributed by atoms with Crippen molar-refractivity contribution in [1.82, 2.24) is 0 Å². The van der Waals surface area contributed by atoms with E-state index in [0.29, 0.717) is 5.69 Å². The summed E-state index contributed by atoms with van der Waals surface area (Å²) in [4.78, 5) is 24.5. The Bertz CT molecular complexity index is 734. The van der Waals surface area contributed by atoms with Crippen LogP contribution in [0.15, 0.2) is 53.4 Å². The molecule has 2 aromatic rings. The van der Waals surface area contributed by atoms with Gasteiger partial charge in [-0.3, -0.25) is 9.59 Å². The molecule has 0 aliphatic carbocycles. The summed E-state index contributed by atoms with van der Waals surface area (Å²) in [5.41, 5.74) is 2.26. The van der Waals surface area contributed by atoms with Crippen LogP contribution in [0.5, 0.6) is 0 Å². The van der Waals surface area contributed by atoms with Gasteiger partial charge < -0.3 is 16.0 Å². The first-order chi connectivity index (χ1) is 11.5. The zero-order valence-electron chi connectivity index (χ0n) is 13.9. The van der Waals surface area contributed by atoms with Gasteiger partial charge in [0, 0.05) is 23.2 Å². The second kappa shape index (κ2) is 8.40. The van der Waals surface area contributed by atoms with E-state index in [2.05, 4.69) is 16.0 Å². The molecule has 0 spiro atoms. The van der Waals surface area contributed by atoms with Crippen LogP contribution in [0.25, 0.3) is 0 Å². The molecule has 0 saturated carbocycles. The minimum Gasteiger partial charge on any atom is -0.374 e.